The van der Waals surface area contributed by atoms with Crippen LogP contribution in [0.15, 0.2) is 15.8 Å². The van der Waals surface area contributed by atoms with Gasteiger partial charge in [0.25, 0.3) is 10.7 Å². The molecule has 0 unspecified atom stereocenters. The smallest absolute Gasteiger partial charge is 0.330 e. The third-order valence-electron chi connectivity index (χ3n) is 3.73. The summed E-state index contributed by atoms with van der Waals surface area (Å²) in [4.78, 5) is 25.6. The Labute approximate surface area is 152 Å². The van der Waals surface area contributed by atoms with Crippen LogP contribution in [0.5, 0.6) is 0 Å². The van der Waals surface area contributed by atoms with Gasteiger partial charge in [0, 0.05) is 11.8 Å². The molecule has 3 heterocycles. The van der Waals surface area contributed by atoms with Gasteiger partial charge in [-0.05, 0) is 32.6 Å². The van der Waals surface area contributed by atoms with Crippen LogP contribution in [0.1, 0.15) is 25.6 Å². The molecule has 2 aliphatic heterocycles. The minimum Gasteiger partial charge on any atom is -0.344 e. The molecule has 3 rings (SSSR count). The van der Waals surface area contributed by atoms with Gasteiger partial charge in [0.2, 0.25) is 0 Å². The van der Waals surface area contributed by atoms with E-state index in [0.29, 0.717) is 0 Å². The molecule has 0 radical (unpaired) electrons. The first-order valence-corrected chi connectivity index (χ1v) is 10.4. The molecule has 5 atom stereocenters. The van der Waals surface area contributed by atoms with Gasteiger partial charge in [0.1, 0.15) is 12.2 Å². The Bertz CT molecular complexity index is 843. The van der Waals surface area contributed by atoms with Crippen molar-refractivity contribution < 1.29 is 22.7 Å². The van der Waals surface area contributed by atoms with E-state index >= 15 is 4.39 Å². The van der Waals surface area contributed by atoms with Crippen LogP contribution >= 0.6 is 18.3 Å². The maximum atomic E-state index is 15.3. The van der Waals surface area contributed by atoms with E-state index < -0.39 is 41.5 Å². The van der Waals surface area contributed by atoms with Crippen molar-refractivity contribution >= 4 is 30.1 Å². The molecular formula is C13H17ClFN2O6PS. The van der Waals surface area contributed by atoms with E-state index in [1.165, 1.54) is 13.1 Å². The lowest BCUT2D eigenvalue weighted by atomic mass is 10.1. The van der Waals surface area contributed by atoms with Crippen molar-refractivity contribution in [3.8, 4) is 0 Å². The average molecular weight is 415 g/mol. The van der Waals surface area contributed by atoms with Crippen LogP contribution in [-0.2, 0) is 30.1 Å². The molecule has 25 heavy (non-hydrogen) atoms. The first kappa shape index (κ1) is 19.2. The second-order valence-corrected chi connectivity index (χ2v) is 9.60. The normalized spacial score (nSPS) is 38.1. The second kappa shape index (κ2) is 6.53. The van der Waals surface area contributed by atoms with Gasteiger partial charge < -0.3 is 13.8 Å². The maximum Gasteiger partial charge on any atom is 0.330 e. The van der Waals surface area contributed by atoms with Crippen molar-refractivity contribution in [2.24, 2.45) is 0 Å². The summed E-state index contributed by atoms with van der Waals surface area (Å²) in [5.41, 5.74) is -1.22. The molecule has 2 aliphatic rings. The summed E-state index contributed by atoms with van der Waals surface area (Å²) in [6.45, 7) is 1.69. The minimum atomic E-state index is -3.18. The molecule has 0 spiro atoms. The minimum absolute atomic E-state index is 0.0827. The predicted molar refractivity (Wildman–Crippen MR) is 91.0 cm³/mol. The molecule has 0 bridgehead atoms. The van der Waals surface area contributed by atoms with E-state index in [1.54, 1.807) is 13.8 Å². The summed E-state index contributed by atoms with van der Waals surface area (Å²) >= 11 is 11.3. The number of aromatic amines is 1. The number of fused-ring (bicyclic) bond motifs is 1. The molecule has 1 aromatic rings. The molecule has 12 heteroatoms. The third-order valence-corrected chi connectivity index (χ3v) is 6.59. The Hall–Kier alpha value is -0.610. The number of alkyl halides is 2. The van der Waals surface area contributed by atoms with Gasteiger partial charge in [-0.3, -0.25) is 18.9 Å². The number of hydrogen-bond donors (Lipinski definition) is 1. The summed E-state index contributed by atoms with van der Waals surface area (Å²) in [5, 5.41) is -2.60. The van der Waals surface area contributed by atoms with Gasteiger partial charge in [0.05, 0.1) is 12.7 Å². The van der Waals surface area contributed by atoms with Crippen LogP contribution in [0.25, 0.3) is 0 Å². The highest BCUT2D eigenvalue weighted by molar-refractivity contribution is 8.07. The van der Waals surface area contributed by atoms with Crippen molar-refractivity contribution in [3.05, 3.63) is 32.6 Å². The third kappa shape index (κ3) is 3.49. The average Bonchev–Trinajstić information content (AvgIpc) is 2.73. The SMILES string of the molecule is Cc1cn([C@@H]2O[C@@H]3CO[P@@](=S)(OC(C)C)O[C@H]3[C@]2(F)Cl)c(=O)[nH]c1=O. The Morgan fingerprint density at radius 1 is 1.56 bits per heavy atom. The summed E-state index contributed by atoms with van der Waals surface area (Å²) in [6.07, 6.45) is -2.78. The van der Waals surface area contributed by atoms with Gasteiger partial charge in [-0.2, -0.15) is 0 Å². The van der Waals surface area contributed by atoms with Crippen LogP contribution in [0, 0.1) is 6.92 Å². The van der Waals surface area contributed by atoms with E-state index in [-0.39, 0.29) is 18.3 Å². The number of nitrogens with zero attached hydrogens (tertiary/aromatic N) is 1. The van der Waals surface area contributed by atoms with Crippen LogP contribution in [0.2, 0.25) is 0 Å². The number of H-pyrrole nitrogens is 1. The molecule has 140 valence electrons. The molecule has 0 aliphatic carbocycles. The lowest BCUT2D eigenvalue weighted by Gasteiger charge is -2.35. The zero-order valence-electron chi connectivity index (χ0n) is 13.6. The Morgan fingerprint density at radius 2 is 2.24 bits per heavy atom. The fraction of sp³-hybridized carbons (Fsp3) is 0.692. The number of rotatable bonds is 3. The lowest BCUT2D eigenvalue weighted by Crippen LogP contribution is -2.45. The fourth-order valence-corrected chi connectivity index (χ4v) is 5.61. The van der Waals surface area contributed by atoms with E-state index in [4.69, 9.17) is 41.7 Å². The van der Waals surface area contributed by atoms with E-state index in [9.17, 15) is 9.59 Å². The Morgan fingerprint density at radius 3 is 2.88 bits per heavy atom. The highest BCUT2D eigenvalue weighted by atomic mass is 35.5. The van der Waals surface area contributed by atoms with Crippen molar-refractivity contribution in [2.75, 3.05) is 6.61 Å². The van der Waals surface area contributed by atoms with Crippen LogP contribution in [0.4, 0.5) is 4.39 Å². The topological polar surface area (TPSA) is 91.8 Å². The highest BCUT2D eigenvalue weighted by Gasteiger charge is 2.62. The lowest BCUT2D eigenvalue weighted by molar-refractivity contribution is -0.0657. The highest BCUT2D eigenvalue weighted by Crippen LogP contribution is 2.61. The maximum absolute atomic E-state index is 15.3. The van der Waals surface area contributed by atoms with E-state index in [2.05, 4.69) is 4.98 Å². The fourth-order valence-electron chi connectivity index (χ4n) is 2.64. The van der Waals surface area contributed by atoms with Crippen molar-refractivity contribution in [2.45, 2.75) is 50.4 Å². The summed E-state index contributed by atoms with van der Waals surface area (Å²) in [5.74, 6) is 0. The van der Waals surface area contributed by atoms with E-state index in [0.717, 1.165) is 4.57 Å². The van der Waals surface area contributed by atoms with Gasteiger partial charge in [-0.25, -0.2) is 9.18 Å². The van der Waals surface area contributed by atoms with Gasteiger partial charge >= 0.3 is 12.4 Å². The molecule has 0 amide bonds. The molecule has 0 aromatic carbocycles. The van der Waals surface area contributed by atoms with Gasteiger partial charge in [-0.1, -0.05) is 11.6 Å². The van der Waals surface area contributed by atoms with Crippen LogP contribution in [-0.4, -0.2) is 39.6 Å². The largest absolute Gasteiger partial charge is 0.344 e. The Kier molecular flexibility index (Phi) is 5.00. The number of ether oxygens (including phenoxy) is 1. The number of aryl methyl sites for hydroxylation is 1. The van der Waals surface area contributed by atoms with Crippen molar-refractivity contribution in [3.63, 3.8) is 0 Å². The van der Waals surface area contributed by atoms with Gasteiger partial charge in [-0.15, -0.1) is 0 Å². The molecule has 8 nitrogen and oxygen atoms in total. The first-order chi connectivity index (χ1) is 11.5. The Balaban J connectivity index is 1.94. The van der Waals surface area contributed by atoms with E-state index in [1.807, 2.05) is 0 Å². The van der Waals surface area contributed by atoms with Crippen LogP contribution < -0.4 is 11.2 Å². The molecule has 1 aromatic heterocycles. The number of aromatic nitrogens is 2. The summed E-state index contributed by atoms with van der Waals surface area (Å²) in [6, 6.07) is 0. The standard InChI is InChI=1S/C13H17ClFN2O6PS/c1-6(2)22-24(25)20-5-8-9(23-24)13(14,15)11(21-8)17-4-7(3)10(18)16-12(17)19/h4,6,8-9,11H,5H2,1-3H3,(H,16,18,19)/t8-,9-,11-,13-,24-/m1/s1. The zero-order valence-corrected chi connectivity index (χ0v) is 16.1. The molecule has 0 saturated carbocycles. The number of nitrogens with one attached hydrogen (secondary N) is 1. The molecular weight excluding hydrogens is 398 g/mol. The number of halogens is 2. The summed E-state index contributed by atoms with van der Waals surface area (Å²) in [7, 11) is 0. The predicted octanol–water partition coefficient (Wildman–Crippen LogP) is 1.71. The quantitative estimate of drug-likeness (QED) is 0.594. The van der Waals surface area contributed by atoms with Gasteiger partial charge in [0.15, 0.2) is 6.23 Å². The first-order valence-electron chi connectivity index (χ1n) is 7.50. The van der Waals surface area contributed by atoms with Crippen LogP contribution in [0.3, 0.4) is 0 Å². The zero-order chi connectivity index (χ0) is 18.6. The van der Waals surface area contributed by atoms with Crippen molar-refractivity contribution in [1.82, 2.24) is 9.55 Å². The molecule has 2 saturated heterocycles. The van der Waals surface area contributed by atoms with Crippen molar-refractivity contribution in [1.29, 1.82) is 0 Å². The monoisotopic (exact) mass is 414 g/mol. The summed E-state index contributed by atoms with van der Waals surface area (Å²) < 4.78 is 38.2. The number of hydrogen-bond acceptors (Lipinski definition) is 7. The molecule has 2 fully saturated rings. The molecule has 1 N–H and O–H groups in total. The second-order valence-electron chi connectivity index (χ2n) is 6.10.